The zero-order chi connectivity index (χ0) is 59.1. The van der Waals surface area contributed by atoms with Crippen LogP contribution >= 0.6 is 45.3 Å². The average molecular weight is 1250 g/mol. The molecule has 0 aliphatic heterocycles. The lowest BCUT2D eigenvalue weighted by atomic mass is 9.95. The molecule has 0 bridgehead atoms. The van der Waals surface area contributed by atoms with Crippen molar-refractivity contribution in [2.45, 2.75) is 65.2 Å². The summed E-state index contributed by atoms with van der Waals surface area (Å²) in [6, 6.07) is 21.5. The number of nitrogens with zero attached hydrogens (tertiary/aromatic N) is 6. The van der Waals surface area contributed by atoms with E-state index in [1.807, 2.05) is 36.7 Å². The SMILES string of the molecule is Cc1csc(-c2cc(-c3c(Cc4ccc(NS(=O)[O-])cc4F)c(CC4CC4)nn3-c3nc(C(=O)O)cs3)ccc2F)c1.Cc1csc(-c2cc(-c3nn(-c4nc(C(=O)O)cs4)c(CC4CC4)c3Cc3ccc(NS(=O)[O-])cc3F)ccc2F)c1. The molecule has 0 spiro atoms. The zero-order valence-corrected chi connectivity index (χ0v) is 49.1. The summed E-state index contributed by atoms with van der Waals surface area (Å²) in [5.74, 6) is -3.47. The second kappa shape index (κ2) is 24.6. The van der Waals surface area contributed by atoms with Crippen LogP contribution in [0.1, 0.15) is 91.4 Å². The topological polar surface area (TPSA) is 240 Å². The van der Waals surface area contributed by atoms with E-state index in [-0.39, 0.29) is 41.4 Å². The Balaban J connectivity index is 0.000000175. The molecule has 12 rings (SSSR count). The second-order valence-corrected chi connectivity index (χ2v) is 25.2. The number of aromatic carboxylic acids is 2. The van der Waals surface area contributed by atoms with Gasteiger partial charge in [-0.2, -0.15) is 10.2 Å². The van der Waals surface area contributed by atoms with Gasteiger partial charge in [0, 0.05) is 101 Å². The Kier molecular flexibility index (Phi) is 17.0. The first-order valence-electron chi connectivity index (χ1n) is 25.9. The number of halogens is 4. The first kappa shape index (κ1) is 58.2. The molecule has 26 heteroatoms. The Morgan fingerprint density at radius 3 is 1.55 bits per heavy atom. The number of benzene rings is 4. The molecule has 0 amide bonds. The van der Waals surface area contributed by atoms with Crippen molar-refractivity contribution in [3.63, 3.8) is 0 Å². The van der Waals surface area contributed by atoms with Crippen LogP contribution in [0, 0.1) is 49.0 Å². The predicted octanol–water partition coefficient (Wildman–Crippen LogP) is 13.5. The van der Waals surface area contributed by atoms with Crippen LogP contribution in [-0.4, -0.2) is 69.2 Å². The molecule has 2 aliphatic rings. The monoisotopic (exact) mass is 1250 g/mol. The maximum atomic E-state index is 15.3. The van der Waals surface area contributed by atoms with Gasteiger partial charge in [-0.15, -0.1) is 45.3 Å². The van der Waals surface area contributed by atoms with Crippen LogP contribution < -0.4 is 9.44 Å². The maximum Gasteiger partial charge on any atom is 0.355 e. The minimum Gasteiger partial charge on any atom is -0.755 e. The van der Waals surface area contributed by atoms with Crippen LogP contribution in [-0.2, 0) is 48.2 Å². The van der Waals surface area contributed by atoms with Crippen molar-refractivity contribution in [1.82, 2.24) is 29.5 Å². The average Bonchev–Trinajstić information content (AvgIpc) is 3.20. The van der Waals surface area contributed by atoms with Crippen LogP contribution in [0.4, 0.5) is 28.9 Å². The van der Waals surface area contributed by atoms with Crippen LogP contribution in [0.3, 0.4) is 0 Å². The number of rotatable bonds is 20. The zero-order valence-electron chi connectivity index (χ0n) is 44.2. The number of carbonyl (C=O) groups is 2. The van der Waals surface area contributed by atoms with Gasteiger partial charge in [0.25, 0.3) is 0 Å². The van der Waals surface area contributed by atoms with Crippen molar-refractivity contribution in [2.75, 3.05) is 9.44 Å². The summed E-state index contributed by atoms with van der Waals surface area (Å²) in [6.07, 6.45) is 5.64. The van der Waals surface area contributed by atoms with Crippen LogP contribution in [0.25, 0.3) is 53.7 Å². The molecule has 10 aromatic rings. The number of hydrogen-bond donors (Lipinski definition) is 4. The summed E-state index contributed by atoms with van der Waals surface area (Å²) in [4.78, 5) is 33.3. The Bertz CT molecular complexity index is 4150. The molecule has 84 heavy (non-hydrogen) atoms. The molecule has 2 saturated carbocycles. The van der Waals surface area contributed by atoms with Gasteiger partial charge in [-0.3, -0.25) is 8.42 Å². The number of anilines is 2. The van der Waals surface area contributed by atoms with Crippen molar-refractivity contribution in [3.05, 3.63) is 186 Å². The van der Waals surface area contributed by atoms with Gasteiger partial charge in [0.2, 0.25) is 10.3 Å². The lowest BCUT2D eigenvalue weighted by Gasteiger charge is -2.13. The number of aryl methyl sites for hydroxylation is 2. The number of thiazole rings is 2. The lowest BCUT2D eigenvalue weighted by molar-refractivity contribution is 0.0680. The molecule has 6 aromatic heterocycles. The summed E-state index contributed by atoms with van der Waals surface area (Å²) in [5.41, 5.74) is 8.68. The molecule has 2 fully saturated rings. The number of hydrogen-bond acceptors (Lipinski definition) is 14. The van der Waals surface area contributed by atoms with Crippen molar-refractivity contribution in [2.24, 2.45) is 11.8 Å². The van der Waals surface area contributed by atoms with Gasteiger partial charge in [0.15, 0.2) is 11.4 Å². The number of carboxylic acid groups (broad SMARTS) is 2. The highest BCUT2D eigenvalue weighted by Gasteiger charge is 2.32. The fraction of sp³-hybridized carbons (Fsp3) is 0.207. The minimum atomic E-state index is -2.60. The van der Waals surface area contributed by atoms with Crippen molar-refractivity contribution in [3.8, 4) is 53.7 Å². The number of nitrogens with one attached hydrogen (secondary N) is 2. The molecular weight excluding hydrogens is 1210 g/mol. The van der Waals surface area contributed by atoms with Gasteiger partial charge in [-0.05, 0) is 170 Å². The molecular formula is C58H46F4N8O8S6-2. The van der Waals surface area contributed by atoms with E-state index in [1.165, 1.54) is 69.8 Å². The Morgan fingerprint density at radius 2 is 1.08 bits per heavy atom. The number of aromatic nitrogens is 6. The van der Waals surface area contributed by atoms with Crippen molar-refractivity contribution < 1.29 is 54.9 Å². The molecule has 0 saturated heterocycles. The van der Waals surface area contributed by atoms with Gasteiger partial charge in [-0.1, -0.05) is 12.1 Å². The summed E-state index contributed by atoms with van der Waals surface area (Å²) < 4.78 is 112. The van der Waals surface area contributed by atoms with E-state index in [2.05, 4.69) is 19.4 Å². The fourth-order valence-corrected chi connectivity index (χ4v) is 13.6. The number of thiophene rings is 2. The molecule has 4 N–H and O–H groups in total. The number of carboxylic acids is 2. The standard InChI is InChI=1S/2C29H24F2N4O4S3/c1-15-8-26(40-13-15)20-11-18(5-7-22(20)30)27-21(10-17-4-6-19(12-23(17)31)34-42(38)39)25(9-16-2-3-16)35(33-27)29-32-24(14-41-29)28(36)37;1-15-8-26(40-13-15)20-11-18(5-7-22(20)30)27-21(10-17-4-6-19(12-23(17)31)34-42(38)39)24(9-16-2-3-16)33-35(27)29-32-25(14-41-29)28(36)37/h2*4-8,11-14,16,34H,2-3,9-10H2,1H3,(H,36,37)(H,38,39)/p-2. The van der Waals surface area contributed by atoms with E-state index in [0.717, 1.165) is 92.8 Å². The molecule has 2 unspecified atom stereocenters. The van der Waals surface area contributed by atoms with Gasteiger partial charge in [0.05, 0.1) is 22.8 Å². The predicted molar refractivity (Wildman–Crippen MR) is 316 cm³/mol. The van der Waals surface area contributed by atoms with Gasteiger partial charge < -0.3 is 28.8 Å². The van der Waals surface area contributed by atoms with Crippen molar-refractivity contribution in [1.29, 1.82) is 0 Å². The van der Waals surface area contributed by atoms with Gasteiger partial charge in [0.1, 0.15) is 23.3 Å². The fourth-order valence-electron chi connectivity index (χ4n) is 9.61. The normalized spacial score (nSPS) is 13.8. The molecule has 432 valence electrons. The summed E-state index contributed by atoms with van der Waals surface area (Å²) in [5, 5.41) is 36.2. The van der Waals surface area contributed by atoms with Crippen LogP contribution in [0.2, 0.25) is 0 Å². The van der Waals surface area contributed by atoms with E-state index < -0.39 is 51.9 Å². The summed E-state index contributed by atoms with van der Waals surface area (Å²) in [7, 11) is 0. The molecule has 2 atom stereocenters. The summed E-state index contributed by atoms with van der Waals surface area (Å²) in [6.45, 7) is 3.88. The highest BCUT2D eigenvalue weighted by atomic mass is 32.2. The Morgan fingerprint density at radius 1 is 0.595 bits per heavy atom. The molecule has 6 heterocycles. The van der Waals surface area contributed by atoms with Crippen molar-refractivity contribution >= 4 is 91.2 Å². The second-order valence-electron chi connectivity index (χ2n) is 20.3. The largest absolute Gasteiger partial charge is 0.755 e. The maximum absolute atomic E-state index is 15.3. The van der Waals surface area contributed by atoms with Gasteiger partial charge >= 0.3 is 11.9 Å². The molecule has 2 aliphatic carbocycles. The Labute approximate surface area is 498 Å². The third-order valence-corrected chi connectivity index (χ3v) is 18.6. The first-order chi connectivity index (χ1) is 40.3. The van der Waals surface area contributed by atoms with Crippen LogP contribution in [0.15, 0.2) is 106 Å². The van der Waals surface area contributed by atoms with E-state index >= 15 is 17.6 Å². The highest BCUT2D eigenvalue weighted by Crippen LogP contribution is 2.43. The van der Waals surface area contributed by atoms with E-state index in [0.29, 0.717) is 90.8 Å². The van der Waals surface area contributed by atoms with E-state index in [1.54, 1.807) is 33.6 Å². The Hall–Kier alpha value is -7.56. The highest BCUT2D eigenvalue weighted by molar-refractivity contribution is 7.80. The lowest BCUT2D eigenvalue weighted by Crippen LogP contribution is -2.07. The van der Waals surface area contributed by atoms with E-state index in [9.17, 15) is 37.3 Å². The van der Waals surface area contributed by atoms with E-state index in [4.69, 9.17) is 10.2 Å². The first-order valence-corrected chi connectivity index (χ1v) is 31.6. The smallest absolute Gasteiger partial charge is 0.355 e. The molecule has 0 radical (unpaired) electrons. The van der Waals surface area contributed by atoms with Crippen LogP contribution in [0.5, 0.6) is 0 Å². The minimum absolute atomic E-state index is 0.0945. The van der Waals surface area contributed by atoms with Gasteiger partial charge in [-0.25, -0.2) is 46.5 Å². The third kappa shape index (κ3) is 13.2. The molecule has 16 nitrogen and oxygen atoms in total. The molecule has 4 aromatic carbocycles. The quantitative estimate of drug-likeness (QED) is 0.0412. The third-order valence-electron chi connectivity index (χ3n) is 14.0. The summed E-state index contributed by atoms with van der Waals surface area (Å²) >= 11 is -0.0760.